The lowest BCUT2D eigenvalue weighted by Gasteiger charge is -2.13. The summed E-state index contributed by atoms with van der Waals surface area (Å²) < 4.78 is 10.8. The maximum Gasteiger partial charge on any atom is 0.417 e. The third-order valence-electron chi connectivity index (χ3n) is 5.71. The Hall–Kier alpha value is -5.12. The molecule has 0 radical (unpaired) electrons. The summed E-state index contributed by atoms with van der Waals surface area (Å²) in [6.07, 6.45) is -0.712. The van der Waals surface area contributed by atoms with E-state index in [1.54, 1.807) is 60.7 Å². The van der Waals surface area contributed by atoms with Crippen molar-refractivity contribution < 1.29 is 19.1 Å². The number of imidazole rings is 1. The molecule has 37 heavy (non-hydrogen) atoms. The average Bonchev–Trinajstić information content (AvgIpc) is 3.24. The minimum atomic E-state index is -0.712. The molecule has 0 aliphatic carbocycles. The molecule has 5 rings (SSSR count). The highest BCUT2D eigenvalue weighted by atomic mass is 16.6. The molecular weight excluding hydrogens is 472 g/mol. The number of pyridine rings is 1. The van der Waals surface area contributed by atoms with Crippen LogP contribution < -0.4 is 25.8 Å². The van der Waals surface area contributed by atoms with Gasteiger partial charge in [0.15, 0.2) is 0 Å². The fraction of sp³-hybridized carbons (Fsp3) is 0.111. The number of hydrogen-bond donors (Lipinski definition) is 4. The number of nitrogen functional groups attached to an aromatic ring is 1. The minimum Gasteiger partial charge on any atom is -0.494 e. The Morgan fingerprint density at radius 3 is 2.54 bits per heavy atom. The Morgan fingerprint density at radius 1 is 0.919 bits per heavy atom. The first-order valence-corrected chi connectivity index (χ1v) is 11.4. The van der Waals surface area contributed by atoms with Gasteiger partial charge in [0.2, 0.25) is 0 Å². The molecule has 2 amide bonds. The van der Waals surface area contributed by atoms with E-state index in [-0.39, 0.29) is 5.91 Å². The lowest BCUT2D eigenvalue weighted by atomic mass is 10.1. The molecule has 5 aromatic rings. The maximum atomic E-state index is 12.8. The van der Waals surface area contributed by atoms with E-state index in [0.717, 1.165) is 22.6 Å². The molecule has 0 aliphatic rings. The number of carbonyl (C=O) groups excluding carboxylic acids is 2. The second-order valence-corrected chi connectivity index (χ2v) is 8.47. The highest BCUT2D eigenvalue weighted by Gasteiger charge is 2.14. The van der Waals surface area contributed by atoms with Crippen molar-refractivity contribution in [3.05, 3.63) is 77.7 Å². The van der Waals surface area contributed by atoms with Gasteiger partial charge in [0, 0.05) is 34.1 Å². The first-order valence-electron chi connectivity index (χ1n) is 11.4. The molecule has 2 aromatic heterocycles. The van der Waals surface area contributed by atoms with E-state index in [1.165, 1.54) is 7.11 Å². The fourth-order valence-electron chi connectivity index (χ4n) is 4.03. The first-order chi connectivity index (χ1) is 17.8. The van der Waals surface area contributed by atoms with Crippen LogP contribution in [0, 0.1) is 13.8 Å². The molecule has 5 N–H and O–H groups in total. The molecular formula is C27H24N6O4. The number of aryl methyl sites for hydroxylation is 2. The summed E-state index contributed by atoms with van der Waals surface area (Å²) in [6.45, 7) is 3.71. The molecule has 0 atom stereocenters. The SMILES string of the molecule is COc1cc(NC(=O)c2ccc3nc(C)[nH]c3c2)ccc1NC(=O)Oc1ccc2nc(C)cc(N)c2c1. The number of nitrogens with two attached hydrogens (primary N) is 1. The van der Waals surface area contributed by atoms with Gasteiger partial charge in [-0.15, -0.1) is 0 Å². The van der Waals surface area contributed by atoms with Crippen molar-refractivity contribution in [3.63, 3.8) is 0 Å². The molecule has 0 unspecified atom stereocenters. The van der Waals surface area contributed by atoms with Gasteiger partial charge in [0.05, 0.1) is 29.3 Å². The van der Waals surface area contributed by atoms with E-state index < -0.39 is 6.09 Å². The summed E-state index contributed by atoms with van der Waals surface area (Å²) in [5, 5.41) is 6.19. The van der Waals surface area contributed by atoms with E-state index in [4.69, 9.17) is 15.2 Å². The third kappa shape index (κ3) is 4.98. The number of amides is 2. The predicted molar refractivity (Wildman–Crippen MR) is 142 cm³/mol. The topological polar surface area (TPSA) is 144 Å². The van der Waals surface area contributed by atoms with E-state index in [9.17, 15) is 9.59 Å². The highest BCUT2D eigenvalue weighted by Crippen LogP contribution is 2.30. The number of aromatic amines is 1. The summed E-state index contributed by atoms with van der Waals surface area (Å²) in [6, 6.07) is 16.9. The zero-order chi connectivity index (χ0) is 26.1. The van der Waals surface area contributed by atoms with Gasteiger partial charge in [-0.2, -0.15) is 0 Å². The van der Waals surface area contributed by atoms with Crippen molar-refractivity contribution in [1.29, 1.82) is 0 Å². The van der Waals surface area contributed by atoms with Crippen LogP contribution in [-0.2, 0) is 0 Å². The Labute approximate surface area is 211 Å². The number of ether oxygens (including phenoxy) is 2. The van der Waals surface area contributed by atoms with Crippen LogP contribution >= 0.6 is 0 Å². The van der Waals surface area contributed by atoms with Crippen molar-refractivity contribution in [3.8, 4) is 11.5 Å². The van der Waals surface area contributed by atoms with Crippen molar-refractivity contribution in [2.24, 2.45) is 0 Å². The van der Waals surface area contributed by atoms with E-state index in [0.29, 0.717) is 45.0 Å². The van der Waals surface area contributed by atoms with Gasteiger partial charge in [0.25, 0.3) is 5.91 Å². The van der Waals surface area contributed by atoms with Crippen LogP contribution in [0.4, 0.5) is 21.9 Å². The molecule has 186 valence electrons. The van der Waals surface area contributed by atoms with E-state index >= 15 is 0 Å². The molecule has 2 heterocycles. The number of fused-ring (bicyclic) bond motifs is 2. The second kappa shape index (κ2) is 9.50. The van der Waals surface area contributed by atoms with Crippen LogP contribution in [0.5, 0.6) is 11.5 Å². The highest BCUT2D eigenvalue weighted by molar-refractivity contribution is 6.06. The van der Waals surface area contributed by atoms with Crippen molar-refractivity contribution in [2.75, 3.05) is 23.5 Å². The van der Waals surface area contributed by atoms with Gasteiger partial charge < -0.3 is 25.5 Å². The molecule has 0 saturated carbocycles. The molecule has 0 saturated heterocycles. The number of benzene rings is 3. The summed E-state index contributed by atoms with van der Waals surface area (Å²) in [5.41, 5.74) is 11.1. The lowest BCUT2D eigenvalue weighted by Crippen LogP contribution is -2.17. The Morgan fingerprint density at radius 2 is 1.73 bits per heavy atom. The number of anilines is 3. The van der Waals surface area contributed by atoms with Crippen molar-refractivity contribution in [1.82, 2.24) is 15.0 Å². The quantitative estimate of drug-likeness (QED) is 0.262. The van der Waals surface area contributed by atoms with Gasteiger partial charge in [-0.25, -0.2) is 9.78 Å². The zero-order valence-electron chi connectivity index (χ0n) is 20.4. The second-order valence-electron chi connectivity index (χ2n) is 8.47. The van der Waals surface area contributed by atoms with Crippen molar-refractivity contribution in [2.45, 2.75) is 13.8 Å². The normalized spacial score (nSPS) is 10.9. The smallest absolute Gasteiger partial charge is 0.417 e. The summed E-state index contributed by atoms with van der Waals surface area (Å²) >= 11 is 0. The van der Waals surface area contributed by atoms with Gasteiger partial charge >= 0.3 is 6.09 Å². The Balaban J connectivity index is 1.28. The fourth-order valence-corrected chi connectivity index (χ4v) is 4.03. The molecule has 10 heteroatoms. The van der Waals surface area contributed by atoms with Gasteiger partial charge in [-0.05, 0) is 68.4 Å². The molecule has 0 fully saturated rings. The summed E-state index contributed by atoms with van der Waals surface area (Å²) in [5.74, 6) is 1.14. The van der Waals surface area contributed by atoms with Crippen molar-refractivity contribution >= 4 is 51.0 Å². The number of rotatable bonds is 5. The van der Waals surface area contributed by atoms with Crippen LogP contribution in [-0.4, -0.2) is 34.1 Å². The van der Waals surface area contributed by atoms with Crippen LogP contribution in [0.3, 0.4) is 0 Å². The van der Waals surface area contributed by atoms with Crippen LogP contribution in [0.25, 0.3) is 21.9 Å². The number of nitrogens with one attached hydrogen (secondary N) is 3. The predicted octanol–water partition coefficient (Wildman–Crippen LogP) is 5.18. The van der Waals surface area contributed by atoms with Crippen LogP contribution in [0.2, 0.25) is 0 Å². The van der Waals surface area contributed by atoms with E-state index in [2.05, 4.69) is 25.6 Å². The van der Waals surface area contributed by atoms with Crippen LogP contribution in [0.15, 0.2) is 60.7 Å². The largest absolute Gasteiger partial charge is 0.494 e. The monoisotopic (exact) mass is 496 g/mol. The molecule has 0 bridgehead atoms. The summed E-state index contributed by atoms with van der Waals surface area (Å²) in [7, 11) is 1.47. The van der Waals surface area contributed by atoms with Gasteiger partial charge in [0.1, 0.15) is 17.3 Å². The minimum absolute atomic E-state index is 0.295. The first kappa shape index (κ1) is 23.6. The zero-order valence-corrected chi connectivity index (χ0v) is 20.4. The molecule has 10 nitrogen and oxygen atoms in total. The number of methoxy groups -OCH3 is 1. The molecule has 0 spiro atoms. The maximum absolute atomic E-state index is 12.8. The van der Waals surface area contributed by atoms with Gasteiger partial charge in [-0.1, -0.05) is 0 Å². The Kier molecular flexibility index (Phi) is 6.06. The number of carbonyl (C=O) groups is 2. The number of H-pyrrole nitrogens is 1. The van der Waals surface area contributed by atoms with Crippen LogP contribution in [0.1, 0.15) is 21.9 Å². The Bertz CT molecular complexity index is 1680. The molecule has 0 aliphatic heterocycles. The number of aromatic nitrogens is 3. The summed E-state index contributed by atoms with van der Waals surface area (Å²) in [4.78, 5) is 37.2. The average molecular weight is 497 g/mol. The number of nitrogens with zero attached hydrogens (tertiary/aromatic N) is 2. The van der Waals surface area contributed by atoms with E-state index in [1.807, 2.05) is 13.8 Å². The third-order valence-corrected chi connectivity index (χ3v) is 5.71. The molecule has 3 aromatic carbocycles. The lowest BCUT2D eigenvalue weighted by molar-refractivity contribution is 0.102. The van der Waals surface area contributed by atoms with Gasteiger partial charge in [-0.3, -0.25) is 15.1 Å². The standard InChI is InChI=1S/C27H24N6O4/c1-14-10-20(28)19-13-18(6-9-21(19)29-14)37-27(35)33-23-8-5-17(12-25(23)36-3)32-26(34)16-4-7-22-24(11-16)31-15(2)30-22/h4-13H,1-3H3,(H2,28,29)(H,30,31)(H,32,34)(H,33,35). The number of hydrogen-bond acceptors (Lipinski definition) is 7.